The molecule has 0 saturated carbocycles. The molecule has 0 atom stereocenters. The van der Waals surface area contributed by atoms with Gasteiger partial charge in [0, 0.05) is 12.8 Å². The van der Waals surface area contributed by atoms with E-state index in [0.29, 0.717) is 4.47 Å². The van der Waals surface area contributed by atoms with E-state index >= 15 is 0 Å². The molecular formula is C9H7BrFN. The largest absolute Gasteiger partial charge is 0.292 e. The Balaban J connectivity index is 2.63. The molecule has 0 saturated heterocycles. The van der Waals surface area contributed by atoms with E-state index < -0.39 is 0 Å². The Morgan fingerprint density at radius 3 is 3.08 bits per heavy atom. The van der Waals surface area contributed by atoms with Gasteiger partial charge in [-0.1, -0.05) is 6.07 Å². The first kappa shape index (κ1) is 7.92. The van der Waals surface area contributed by atoms with E-state index in [1.54, 1.807) is 12.3 Å². The van der Waals surface area contributed by atoms with Crippen LogP contribution in [0.5, 0.6) is 0 Å². The fraction of sp³-hybridized carbons (Fsp3) is 0.222. The minimum absolute atomic E-state index is 0.191. The Hall–Kier alpha value is -0.700. The summed E-state index contributed by atoms with van der Waals surface area (Å²) in [6, 6.07) is 3.22. The van der Waals surface area contributed by atoms with Gasteiger partial charge in [-0.3, -0.25) is 4.99 Å². The van der Waals surface area contributed by atoms with Crippen molar-refractivity contribution >= 4 is 22.1 Å². The molecule has 3 heteroatoms. The van der Waals surface area contributed by atoms with Crippen LogP contribution in [-0.4, -0.2) is 12.8 Å². The number of fused-ring (bicyclic) bond motifs is 1. The molecule has 2 rings (SSSR count). The second-order valence-corrected chi connectivity index (χ2v) is 3.51. The topological polar surface area (TPSA) is 12.4 Å². The Morgan fingerprint density at radius 1 is 1.42 bits per heavy atom. The van der Waals surface area contributed by atoms with Crippen LogP contribution in [0.1, 0.15) is 11.1 Å². The van der Waals surface area contributed by atoms with E-state index in [0.717, 1.165) is 24.1 Å². The highest BCUT2D eigenvalue weighted by Crippen LogP contribution is 2.25. The molecule has 12 heavy (non-hydrogen) atoms. The zero-order valence-corrected chi connectivity index (χ0v) is 7.94. The van der Waals surface area contributed by atoms with Crippen LogP contribution in [0, 0.1) is 5.82 Å². The van der Waals surface area contributed by atoms with Crippen molar-refractivity contribution in [1.82, 2.24) is 0 Å². The van der Waals surface area contributed by atoms with Crippen molar-refractivity contribution in [2.45, 2.75) is 6.42 Å². The maximum Gasteiger partial charge on any atom is 0.137 e. The third-order valence-corrected chi connectivity index (χ3v) is 2.81. The summed E-state index contributed by atoms with van der Waals surface area (Å²) in [6.45, 7) is 0.759. The van der Waals surface area contributed by atoms with Crippen LogP contribution in [0.3, 0.4) is 0 Å². The first-order valence-electron chi connectivity index (χ1n) is 3.76. The Labute approximate surface area is 78.4 Å². The molecule has 0 unspecified atom stereocenters. The SMILES string of the molecule is Fc1ccc2c(c1Br)CCN=C2. The van der Waals surface area contributed by atoms with Crippen LogP contribution < -0.4 is 0 Å². The number of hydrogen-bond acceptors (Lipinski definition) is 1. The molecule has 0 aliphatic carbocycles. The smallest absolute Gasteiger partial charge is 0.137 e. The average molecular weight is 228 g/mol. The molecule has 1 heterocycles. The lowest BCUT2D eigenvalue weighted by molar-refractivity contribution is 0.617. The van der Waals surface area contributed by atoms with Gasteiger partial charge in [-0.15, -0.1) is 0 Å². The monoisotopic (exact) mass is 227 g/mol. The van der Waals surface area contributed by atoms with Crippen LogP contribution in [0.15, 0.2) is 21.6 Å². The summed E-state index contributed by atoms with van der Waals surface area (Å²) in [5.74, 6) is -0.191. The zero-order chi connectivity index (χ0) is 8.55. The molecule has 1 aliphatic rings. The summed E-state index contributed by atoms with van der Waals surface area (Å²) < 4.78 is 13.6. The number of rotatable bonds is 0. The summed E-state index contributed by atoms with van der Waals surface area (Å²) in [5.41, 5.74) is 2.06. The summed E-state index contributed by atoms with van der Waals surface area (Å²) in [7, 11) is 0. The van der Waals surface area contributed by atoms with Gasteiger partial charge in [0.25, 0.3) is 0 Å². The van der Waals surface area contributed by atoms with E-state index in [1.165, 1.54) is 6.07 Å². The lowest BCUT2D eigenvalue weighted by atomic mass is 10.0. The Kier molecular flexibility index (Phi) is 1.97. The highest BCUT2D eigenvalue weighted by Gasteiger charge is 2.11. The lowest BCUT2D eigenvalue weighted by Gasteiger charge is -2.11. The number of benzene rings is 1. The summed E-state index contributed by atoms with van der Waals surface area (Å²) in [5, 5.41) is 0. The average Bonchev–Trinajstić information content (AvgIpc) is 2.12. The van der Waals surface area contributed by atoms with Crippen LogP contribution in [0.25, 0.3) is 0 Å². The van der Waals surface area contributed by atoms with E-state index in [-0.39, 0.29) is 5.82 Å². The quantitative estimate of drug-likeness (QED) is 0.647. The molecule has 1 nitrogen and oxygen atoms in total. The van der Waals surface area contributed by atoms with Crippen molar-refractivity contribution < 1.29 is 4.39 Å². The lowest BCUT2D eigenvalue weighted by Crippen LogP contribution is -2.04. The van der Waals surface area contributed by atoms with E-state index in [1.807, 2.05) is 0 Å². The third kappa shape index (κ3) is 1.18. The summed E-state index contributed by atoms with van der Waals surface area (Å²) >= 11 is 3.23. The van der Waals surface area contributed by atoms with Gasteiger partial charge in [0.2, 0.25) is 0 Å². The van der Waals surface area contributed by atoms with Crippen molar-refractivity contribution in [1.29, 1.82) is 0 Å². The van der Waals surface area contributed by atoms with Gasteiger partial charge in [-0.25, -0.2) is 4.39 Å². The zero-order valence-electron chi connectivity index (χ0n) is 6.35. The number of nitrogens with zero attached hydrogens (tertiary/aromatic N) is 1. The van der Waals surface area contributed by atoms with Gasteiger partial charge in [-0.05, 0) is 39.5 Å². The van der Waals surface area contributed by atoms with E-state index in [9.17, 15) is 4.39 Å². The molecule has 0 bridgehead atoms. The van der Waals surface area contributed by atoms with Gasteiger partial charge >= 0.3 is 0 Å². The first-order chi connectivity index (χ1) is 5.79. The molecule has 0 N–H and O–H groups in total. The minimum Gasteiger partial charge on any atom is -0.292 e. The van der Waals surface area contributed by atoms with Crippen LogP contribution >= 0.6 is 15.9 Å². The van der Waals surface area contributed by atoms with Gasteiger partial charge < -0.3 is 0 Å². The predicted octanol–water partition coefficient (Wildman–Crippen LogP) is 2.56. The molecule has 0 radical (unpaired) electrons. The summed E-state index contributed by atoms with van der Waals surface area (Å²) in [6.07, 6.45) is 2.62. The maximum atomic E-state index is 13.0. The molecule has 1 aromatic carbocycles. The number of hydrogen-bond donors (Lipinski definition) is 0. The second-order valence-electron chi connectivity index (χ2n) is 2.71. The first-order valence-corrected chi connectivity index (χ1v) is 4.55. The summed E-state index contributed by atoms with van der Waals surface area (Å²) in [4.78, 5) is 4.12. The van der Waals surface area contributed by atoms with Crippen LogP contribution in [-0.2, 0) is 6.42 Å². The van der Waals surface area contributed by atoms with Crippen LogP contribution in [0.2, 0.25) is 0 Å². The van der Waals surface area contributed by atoms with E-state index in [2.05, 4.69) is 20.9 Å². The maximum absolute atomic E-state index is 13.0. The van der Waals surface area contributed by atoms with Gasteiger partial charge in [0.15, 0.2) is 0 Å². The molecule has 0 amide bonds. The minimum atomic E-state index is -0.191. The van der Waals surface area contributed by atoms with Crippen LogP contribution in [0.4, 0.5) is 4.39 Å². The fourth-order valence-electron chi connectivity index (χ4n) is 1.32. The van der Waals surface area contributed by atoms with Gasteiger partial charge in [0.05, 0.1) is 4.47 Å². The molecule has 62 valence electrons. The van der Waals surface area contributed by atoms with Gasteiger partial charge in [0.1, 0.15) is 5.82 Å². The number of aliphatic imine (C=N–C) groups is 1. The highest BCUT2D eigenvalue weighted by atomic mass is 79.9. The van der Waals surface area contributed by atoms with Crippen molar-refractivity contribution in [3.8, 4) is 0 Å². The molecule has 0 spiro atoms. The fourth-order valence-corrected chi connectivity index (χ4v) is 1.88. The molecular weight excluding hydrogens is 221 g/mol. The molecule has 0 fully saturated rings. The molecule has 0 aromatic heterocycles. The third-order valence-electron chi connectivity index (χ3n) is 1.95. The van der Waals surface area contributed by atoms with E-state index in [4.69, 9.17) is 0 Å². The standard InChI is InChI=1S/C9H7BrFN/c10-9-7-3-4-12-5-6(7)1-2-8(9)11/h1-2,5H,3-4H2. The van der Waals surface area contributed by atoms with Crippen molar-refractivity contribution in [3.05, 3.63) is 33.5 Å². The highest BCUT2D eigenvalue weighted by molar-refractivity contribution is 9.10. The van der Waals surface area contributed by atoms with Crippen molar-refractivity contribution in [2.75, 3.05) is 6.54 Å². The van der Waals surface area contributed by atoms with Gasteiger partial charge in [-0.2, -0.15) is 0 Å². The Morgan fingerprint density at radius 2 is 2.25 bits per heavy atom. The van der Waals surface area contributed by atoms with Crippen molar-refractivity contribution in [2.24, 2.45) is 4.99 Å². The molecule has 1 aliphatic heterocycles. The normalized spacial score (nSPS) is 14.5. The predicted molar refractivity (Wildman–Crippen MR) is 50.3 cm³/mol. The number of halogens is 2. The Bertz CT molecular complexity index is 347. The molecule has 1 aromatic rings. The second kappa shape index (κ2) is 2.98. The van der Waals surface area contributed by atoms with Crippen molar-refractivity contribution in [3.63, 3.8) is 0 Å².